The van der Waals surface area contributed by atoms with Crippen molar-refractivity contribution in [3.63, 3.8) is 0 Å². The average molecular weight is 534 g/mol. The van der Waals surface area contributed by atoms with Gasteiger partial charge in [-0.25, -0.2) is 9.50 Å². The number of nitrogens with one attached hydrogen (secondary N) is 1. The molecule has 6 aromatic rings. The van der Waals surface area contributed by atoms with Gasteiger partial charge in [-0.05, 0) is 42.6 Å². The molecule has 0 spiro atoms. The van der Waals surface area contributed by atoms with Crippen molar-refractivity contribution in [3.05, 3.63) is 118 Å². The van der Waals surface area contributed by atoms with E-state index in [1.807, 2.05) is 0 Å². The van der Waals surface area contributed by atoms with Gasteiger partial charge in [-0.1, -0.05) is 42.1 Å². The van der Waals surface area contributed by atoms with E-state index < -0.39 is 47.7 Å². The van der Waals surface area contributed by atoms with Crippen molar-refractivity contribution in [1.29, 1.82) is 0 Å². The number of anilines is 1. The molecule has 0 saturated heterocycles. The Labute approximate surface area is 235 Å². The molecule has 0 fully saturated rings. The van der Waals surface area contributed by atoms with Crippen LogP contribution < -0.4 is 16.6 Å². The van der Waals surface area contributed by atoms with E-state index in [-0.39, 0.29) is 33.8 Å². The number of pyridine rings is 1. The van der Waals surface area contributed by atoms with E-state index in [1.165, 1.54) is 10.7 Å². The first kappa shape index (κ1) is 19.4. The predicted octanol–water partition coefficient (Wildman–Crippen LogP) is 3.24. The number of hydrogen-bond acceptors (Lipinski definition) is 6. The van der Waals surface area contributed by atoms with Crippen LogP contribution in [-0.4, -0.2) is 34.9 Å². The van der Waals surface area contributed by atoms with E-state index in [9.17, 15) is 9.59 Å². The molecule has 1 atom stereocenters. The molecule has 0 aliphatic heterocycles. The number of nitrogens with zero attached hydrogens (tertiary/aromatic N) is 6. The van der Waals surface area contributed by atoms with Crippen LogP contribution in [0.3, 0.4) is 0 Å². The Kier molecular flexibility index (Phi) is 4.79. The molecule has 2 aromatic carbocycles. The maximum Gasteiger partial charge on any atom is 0.264 e. The number of para-hydroxylation sites is 1. The molecule has 10 heteroatoms. The molecule has 0 unspecified atom stereocenters. The lowest BCUT2D eigenvalue weighted by molar-refractivity contribution is 0.0941. The second-order valence-electron chi connectivity index (χ2n) is 8.95. The summed E-state index contributed by atoms with van der Waals surface area (Å²) in [6.45, 7) is 1.60. The van der Waals surface area contributed by atoms with Crippen LogP contribution in [0.15, 0.2) is 90.1 Å². The van der Waals surface area contributed by atoms with Crippen molar-refractivity contribution in [2.45, 2.75) is 13.0 Å². The fourth-order valence-electron chi connectivity index (χ4n) is 4.48. The van der Waals surface area contributed by atoms with E-state index in [0.717, 1.165) is 4.57 Å². The van der Waals surface area contributed by atoms with Gasteiger partial charge in [0.1, 0.15) is 5.56 Å². The van der Waals surface area contributed by atoms with Crippen LogP contribution >= 0.6 is 0 Å². The van der Waals surface area contributed by atoms with Crippen molar-refractivity contribution in [1.82, 2.24) is 34.3 Å². The summed E-state index contributed by atoms with van der Waals surface area (Å²) in [5.41, 5.74) is 6.37. The van der Waals surface area contributed by atoms with Crippen LogP contribution in [0.25, 0.3) is 22.1 Å². The quantitative estimate of drug-likeness (QED) is 0.335. The van der Waals surface area contributed by atoms with Gasteiger partial charge in [0.25, 0.3) is 11.5 Å². The molecule has 4 aromatic heterocycles. The molecule has 0 saturated carbocycles. The van der Waals surface area contributed by atoms with Crippen LogP contribution in [0.1, 0.15) is 47.0 Å². The summed E-state index contributed by atoms with van der Waals surface area (Å²) in [6, 6.07) is 4.39. The molecular formula is C30H24N8O2. The van der Waals surface area contributed by atoms with Gasteiger partial charge in [0.05, 0.1) is 30.0 Å². The number of nitrogen functional groups attached to an aromatic ring is 1. The predicted molar refractivity (Wildman–Crippen MR) is 152 cm³/mol. The minimum absolute atomic E-state index is 0.0212. The first-order valence-electron chi connectivity index (χ1n) is 14.6. The molecule has 196 valence electrons. The lowest BCUT2D eigenvalue weighted by atomic mass is 10.0. The minimum Gasteiger partial charge on any atom is -0.381 e. The lowest BCUT2D eigenvalue weighted by Gasteiger charge is -2.21. The molecule has 4 heterocycles. The number of amides is 1. The van der Waals surface area contributed by atoms with Gasteiger partial charge >= 0.3 is 0 Å². The van der Waals surface area contributed by atoms with Gasteiger partial charge in [0.15, 0.2) is 11.5 Å². The molecular weight excluding hydrogens is 504 g/mol. The van der Waals surface area contributed by atoms with Crippen molar-refractivity contribution >= 4 is 28.1 Å². The fourth-order valence-corrected chi connectivity index (χ4v) is 4.48. The number of fused-ring (bicyclic) bond motifs is 2. The molecule has 0 aliphatic rings. The molecule has 10 nitrogen and oxygen atoms in total. The zero-order chi connectivity index (χ0) is 32.2. The smallest absolute Gasteiger partial charge is 0.264 e. The van der Waals surface area contributed by atoms with Crippen LogP contribution in [0.2, 0.25) is 0 Å². The number of aromatic nitrogens is 6. The highest BCUT2D eigenvalue weighted by Gasteiger charge is 2.23. The van der Waals surface area contributed by atoms with Crippen molar-refractivity contribution in [3.8, 4) is 17.5 Å². The molecule has 3 N–H and O–H groups in total. The Morgan fingerprint density at radius 3 is 2.77 bits per heavy atom. The Bertz CT molecular complexity index is 2290. The van der Waals surface area contributed by atoms with Gasteiger partial charge in [0.2, 0.25) is 0 Å². The number of benzene rings is 2. The van der Waals surface area contributed by atoms with E-state index in [0.29, 0.717) is 16.5 Å². The van der Waals surface area contributed by atoms with Crippen LogP contribution in [-0.2, 0) is 7.05 Å². The van der Waals surface area contributed by atoms with Gasteiger partial charge in [0, 0.05) is 42.6 Å². The summed E-state index contributed by atoms with van der Waals surface area (Å²) in [7, 11) is 1.75. The fraction of sp³-hybridized carbons (Fsp3) is 0.100. The molecule has 0 bridgehead atoms. The lowest BCUT2D eigenvalue weighted by Crippen LogP contribution is -2.32. The Morgan fingerprint density at radius 2 is 2.00 bits per heavy atom. The van der Waals surface area contributed by atoms with E-state index in [4.69, 9.17) is 12.6 Å². The molecule has 1 amide bonds. The second kappa shape index (κ2) is 9.89. The standard InChI is InChI=1S/C30H24N8O2/c1-19(34-29(39)26-27(31)35-37-15-7-14-32-28(26)37)24-16-22-9-6-8-21(13-12-20-17-33-36(2)18-20)25(22)30(40)38(24)23-10-4-3-5-11-23/h3-11,14-19H,1-2H3,(H2,31,35)(H,34,39)/t19-/m0/s1/i3D,4D,5D,10D,11D. The van der Waals surface area contributed by atoms with Crippen molar-refractivity contribution < 1.29 is 11.6 Å². The Hall–Kier alpha value is -5.69. The summed E-state index contributed by atoms with van der Waals surface area (Å²) in [5, 5.41) is 11.7. The summed E-state index contributed by atoms with van der Waals surface area (Å²) >= 11 is 0. The number of hydrogen-bond donors (Lipinski definition) is 2. The summed E-state index contributed by atoms with van der Waals surface area (Å²) in [4.78, 5) is 32.2. The topological polar surface area (TPSA) is 125 Å². The van der Waals surface area contributed by atoms with Gasteiger partial charge in [-0.15, -0.1) is 5.10 Å². The summed E-state index contributed by atoms with van der Waals surface area (Å²) in [6.07, 6.45) is 6.38. The third-order valence-corrected chi connectivity index (χ3v) is 6.27. The average Bonchev–Trinajstić information content (AvgIpc) is 3.60. The maximum absolute atomic E-state index is 14.4. The zero-order valence-corrected chi connectivity index (χ0v) is 21.4. The highest BCUT2D eigenvalue weighted by molar-refractivity contribution is 6.04. The summed E-state index contributed by atoms with van der Waals surface area (Å²) in [5.74, 6) is 5.30. The Morgan fingerprint density at radius 1 is 1.18 bits per heavy atom. The maximum atomic E-state index is 14.4. The molecule has 0 radical (unpaired) electrons. The van der Waals surface area contributed by atoms with Gasteiger partial charge < -0.3 is 11.1 Å². The molecule has 6 rings (SSSR count). The largest absolute Gasteiger partial charge is 0.381 e. The second-order valence-corrected chi connectivity index (χ2v) is 8.95. The van der Waals surface area contributed by atoms with Crippen LogP contribution in [0.5, 0.6) is 0 Å². The van der Waals surface area contributed by atoms with Gasteiger partial charge in [-0.3, -0.25) is 18.8 Å². The Balaban J connectivity index is 1.58. The first-order valence-corrected chi connectivity index (χ1v) is 12.1. The van der Waals surface area contributed by atoms with Crippen molar-refractivity contribution in [2.24, 2.45) is 7.05 Å². The summed E-state index contributed by atoms with van der Waals surface area (Å²) < 4.78 is 45.9. The monoisotopic (exact) mass is 533 g/mol. The number of carbonyl (C=O) groups is 1. The first-order chi connectivity index (χ1) is 21.5. The number of aryl methyl sites for hydroxylation is 1. The number of nitrogens with two attached hydrogens (primary N) is 1. The molecule has 40 heavy (non-hydrogen) atoms. The SMILES string of the molecule is [2H]c1c([2H])c([2H])c(-n2c([C@H](C)NC(=O)c3c(N)nn4cccnc34)cc3cccc(C#Cc4cnn(C)c4)c3c2=O)c([2H])c1[2H]. The van der Waals surface area contributed by atoms with E-state index in [1.54, 1.807) is 67.6 Å². The number of rotatable bonds is 4. The van der Waals surface area contributed by atoms with Crippen molar-refractivity contribution in [2.75, 3.05) is 5.73 Å². The highest BCUT2D eigenvalue weighted by atomic mass is 16.2. The van der Waals surface area contributed by atoms with E-state index >= 15 is 0 Å². The normalized spacial score (nSPS) is 13.5. The van der Waals surface area contributed by atoms with Gasteiger partial charge in [-0.2, -0.15) is 5.10 Å². The molecule has 0 aliphatic carbocycles. The third-order valence-electron chi connectivity index (χ3n) is 6.27. The third kappa shape index (κ3) is 4.35. The van der Waals surface area contributed by atoms with Crippen LogP contribution in [0.4, 0.5) is 5.82 Å². The minimum atomic E-state index is -0.935. The zero-order valence-electron chi connectivity index (χ0n) is 26.4. The number of carbonyl (C=O) groups excluding carboxylic acids is 1. The van der Waals surface area contributed by atoms with E-state index in [2.05, 4.69) is 32.3 Å². The highest BCUT2D eigenvalue weighted by Crippen LogP contribution is 2.24. The van der Waals surface area contributed by atoms with Crippen LogP contribution in [0, 0.1) is 11.8 Å².